The summed E-state index contributed by atoms with van der Waals surface area (Å²) >= 11 is 0. The van der Waals surface area contributed by atoms with Crippen LogP contribution in [0.25, 0.3) is 0 Å². The first-order valence-electron chi connectivity index (χ1n) is 8.75. The lowest BCUT2D eigenvalue weighted by Gasteiger charge is -2.13. The van der Waals surface area contributed by atoms with Gasteiger partial charge >= 0.3 is 0 Å². The highest BCUT2D eigenvalue weighted by Gasteiger charge is 2.10. The Labute approximate surface area is 163 Å². The molecule has 6 nitrogen and oxygen atoms in total. The third-order valence-electron chi connectivity index (χ3n) is 3.68. The summed E-state index contributed by atoms with van der Waals surface area (Å²) in [6, 6.07) is 25.1. The van der Waals surface area contributed by atoms with Crippen LogP contribution in [0.2, 0.25) is 0 Å². The molecule has 6 heteroatoms. The number of hydrogen-bond donors (Lipinski definition) is 2. The lowest BCUT2D eigenvalue weighted by molar-refractivity contribution is -0.119. The minimum Gasteiger partial charge on any atom is -0.480 e. The zero-order valence-electron chi connectivity index (χ0n) is 15.1. The predicted octanol–water partition coefficient (Wildman–Crippen LogP) is 3.72. The Morgan fingerprint density at radius 1 is 0.571 bits per heavy atom. The van der Waals surface area contributed by atoms with Gasteiger partial charge in [0.15, 0.2) is 24.7 Å². The largest absolute Gasteiger partial charge is 0.480 e. The van der Waals surface area contributed by atoms with Gasteiger partial charge in [0, 0.05) is 11.4 Å². The Balaban J connectivity index is 1.51. The first kappa shape index (κ1) is 19.0. The van der Waals surface area contributed by atoms with Gasteiger partial charge in [-0.2, -0.15) is 0 Å². The number of carbonyl (C=O) groups is 2. The highest BCUT2D eigenvalue weighted by atomic mass is 16.5. The Morgan fingerprint density at radius 3 is 1.32 bits per heavy atom. The maximum atomic E-state index is 12.0. The van der Waals surface area contributed by atoms with E-state index in [1.165, 1.54) is 0 Å². The highest BCUT2D eigenvalue weighted by molar-refractivity contribution is 5.92. The second kappa shape index (κ2) is 9.78. The van der Waals surface area contributed by atoms with Crippen LogP contribution in [0.1, 0.15) is 0 Å². The van der Waals surface area contributed by atoms with Gasteiger partial charge in [-0.3, -0.25) is 9.59 Å². The normalized spacial score (nSPS) is 10.0. The minimum atomic E-state index is -0.289. The Morgan fingerprint density at radius 2 is 0.929 bits per heavy atom. The molecule has 0 radical (unpaired) electrons. The van der Waals surface area contributed by atoms with E-state index in [1.54, 1.807) is 48.5 Å². The summed E-state index contributed by atoms with van der Waals surface area (Å²) in [5.41, 5.74) is 1.39. The van der Waals surface area contributed by atoms with Crippen LogP contribution in [0.4, 0.5) is 11.4 Å². The van der Waals surface area contributed by atoms with Crippen LogP contribution in [0, 0.1) is 0 Å². The van der Waals surface area contributed by atoms with Crippen molar-refractivity contribution < 1.29 is 19.1 Å². The minimum absolute atomic E-state index is 0.175. The van der Waals surface area contributed by atoms with E-state index >= 15 is 0 Å². The summed E-state index contributed by atoms with van der Waals surface area (Å²) in [5.74, 6) is 0.196. The van der Waals surface area contributed by atoms with Crippen molar-refractivity contribution >= 4 is 23.2 Å². The Kier molecular flexibility index (Phi) is 6.62. The molecule has 3 aromatic rings. The first-order chi connectivity index (χ1) is 13.7. The van der Waals surface area contributed by atoms with Gasteiger partial charge < -0.3 is 20.1 Å². The van der Waals surface area contributed by atoms with Crippen molar-refractivity contribution in [3.63, 3.8) is 0 Å². The number of benzene rings is 3. The number of para-hydroxylation sites is 4. The molecule has 0 saturated carbocycles. The molecule has 0 aliphatic heterocycles. The van der Waals surface area contributed by atoms with Crippen molar-refractivity contribution in [2.24, 2.45) is 0 Å². The van der Waals surface area contributed by atoms with Crippen molar-refractivity contribution in [2.45, 2.75) is 0 Å². The maximum Gasteiger partial charge on any atom is 0.262 e. The van der Waals surface area contributed by atoms with Crippen LogP contribution in [0.3, 0.4) is 0 Å². The number of rotatable bonds is 8. The highest BCUT2D eigenvalue weighted by Crippen LogP contribution is 2.26. The molecule has 0 unspecified atom stereocenters. The second-order valence-electron chi connectivity index (χ2n) is 5.85. The zero-order chi connectivity index (χ0) is 19.6. The molecule has 0 aliphatic rings. The van der Waals surface area contributed by atoms with Gasteiger partial charge in [-0.05, 0) is 36.4 Å². The number of amides is 2. The molecule has 0 heterocycles. The van der Waals surface area contributed by atoms with E-state index < -0.39 is 0 Å². The maximum absolute atomic E-state index is 12.0. The third kappa shape index (κ3) is 5.88. The molecule has 0 fully saturated rings. The van der Waals surface area contributed by atoms with Gasteiger partial charge in [0.05, 0.1) is 0 Å². The number of carbonyl (C=O) groups excluding carboxylic acids is 2. The van der Waals surface area contributed by atoms with Gasteiger partial charge in [-0.1, -0.05) is 48.5 Å². The van der Waals surface area contributed by atoms with E-state index in [0.29, 0.717) is 22.9 Å². The van der Waals surface area contributed by atoms with E-state index in [4.69, 9.17) is 9.47 Å². The van der Waals surface area contributed by atoms with Gasteiger partial charge in [-0.15, -0.1) is 0 Å². The van der Waals surface area contributed by atoms with E-state index in [-0.39, 0.29) is 25.0 Å². The van der Waals surface area contributed by atoms with Crippen LogP contribution in [-0.4, -0.2) is 25.0 Å². The van der Waals surface area contributed by atoms with E-state index in [1.807, 2.05) is 36.4 Å². The van der Waals surface area contributed by atoms with Crippen molar-refractivity contribution in [3.8, 4) is 11.5 Å². The van der Waals surface area contributed by atoms with Crippen LogP contribution < -0.4 is 20.1 Å². The molecule has 0 atom stereocenters. The quantitative estimate of drug-likeness (QED) is 0.628. The number of hydrogen-bond acceptors (Lipinski definition) is 4. The molecule has 0 bridgehead atoms. The van der Waals surface area contributed by atoms with Crippen LogP contribution in [0.5, 0.6) is 11.5 Å². The van der Waals surface area contributed by atoms with Crippen molar-refractivity contribution in [1.29, 1.82) is 0 Å². The SMILES string of the molecule is O=C(COc1ccccc1OCC(=O)Nc1ccccc1)Nc1ccccc1. The number of anilines is 2. The average molecular weight is 376 g/mol. The van der Waals surface area contributed by atoms with Crippen molar-refractivity contribution in [3.05, 3.63) is 84.9 Å². The lowest BCUT2D eigenvalue weighted by atomic mass is 10.3. The molecule has 0 aromatic heterocycles. The molecular weight excluding hydrogens is 356 g/mol. The molecular formula is C22H20N2O4. The van der Waals surface area contributed by atoms with Crippen molar-refractivity contribution in [1.82, 2.24) is 0 Å². The van der Waals surface area contributed by atoms with Crippen LogP contribution in [-0.2, 0) is 9.59 Å². The molecule has 3 aromatic carbocycles. The summed E-state index contributed by atoms with van der Waals surface area (Å²) in [4.78, 5) is 24.1. The molecule has 0 spiro atoms. The number of nitrogens with one attached hydrogen (secondary N) is 2. The van der Waals surface area contributed by atoms with Crippen LogP contribution in [0.15, 0.2) is 84.9 Å². The van der Waals surface area contributed by atoms with Gasteiger partial charge in [0.25, 0.3) is 11.8 Å². The Hall–Kier alpha value is -3.80. The summed E-state index contributed by atoms with van der Waals surface area (Å²) < 4.78 is 11.1. The van der Waals surface area contributed by atoms with Gasteiger partial charge in [-0.25, -0.2) is 0 Å². The molecule has 0 saturated heterocycles. The van der Waals surface area contributed by atoms with Crippen molar-refractivity contribution in [2.75, 3.05) is 23.8 Å². The fraction of sp³-hybridized carbons (Fsp3) is 0.0909. The van der Waals surface area contributed by atoms with Crippen LogP contribution >= 0.6 is 0 Å². The third-order valence-corrected chi connectivity index (χ3v) is 3.68. The molecule has 2 amide bonds. The molecule has 142 valence electrons. The first-order valence-corrected chi connectivity index (χ1v) is 8.75. The molecule has 0 aliphatic carbocycles. The zero-order valence-corrected chi connectivity index (χ0v) is 15.1. The smallest absolute Gasteiger partial charge is 0.262 e. The van der Waals surface area contributed by atoms with E-state index in [9.17, 15) is 9.59 Å². The second-order valence-corrected chi connectivity index (χ2v) is 5.85. The van der Waals surface area contributed by atoms with Gasteiger partial charge in [0.2, 0.25) is 0 Å². The lowest BCUT2D eigenvalue weighted by Crippen LogP contribution is -2.22. The molecule has 2 N–H and O–H groups in total. The summed E-state index contributed by atoms with van der Waals surface area (Å²) in [6.45, 7) is -0.350. The summed E-state index contributed by atoms with van der Waals surface area (Å²) in [5, 5.41) is 5.48. The topological polar surface area (TPSA) is 76.7 Å². The van der Waals surface area contributed by atoms with E-state index in [2.05, 4.69) is 10.6 Å². The van der Waals surface area contributed by atoms with E-state index in [0.717, 1.165) is 0 Å². The Bertz CT molecular complexity index is 838. The monoisotopic (exact) mass is 376 g/mol. The molecule has 28 heavy (non-hydrogen) atoms. The average Bonchev–Trinajstić information content (AvgIpc) is 2.73. The fourth-order valence-electron chi connectivity index (χ4n) is 2.41. The van der Waals surface area contributed by atoms with Gasteiger partial charge in [0.1, 0.15) is 0 Å². The summed E-state index contributed by atoms with van der Waals surface area (Å²) in [6.07, 6.45) is 0. The predicted molar refractivity (Wildman–Crippen MR) is 108 cm³/mol. The molecule has 3 rings (SSSR count). The standard InChI is InChI=1S/C22H20N2O4/c25-21(23-17-9-3-1-4-10-17)15-27-19-13-7-8-14-20(19)28-16-22(26)24-18-11-5-2-6-12-18/h1-14H,15-16H2,(H,23,25)(H,24,26). The fourth-order valence-corrected chi connectivity index (χ4v) is 2.41. The summed E-state index contributed by atoms with van der Waals surface area (Å²) in [7, 11) is 0. The number of ether oxygens (including phenoxy) is 2.